The minimum absolute atomic E-state index is 0.00715. The molecule has 0 saturated carbocycles. The second-order valence-corrected chi connectivity index (χ2v) is 7.07. The molecule has 0 aromatic heterocycles. The van der Waals surface area contributed by atoms with Gasteiger partial charge in [-0.2, -0.15) is 0 Å². The summed E-state index contributed by atoms with van der Waals surface area (Å²) >= 11 is 0. The molecule has 6 heteroatoms. The Bertz CT molecular complexity index is 782. The van der Waals surface area contributed by atoms with Crippen LogP contribution in [-0.2, 0) is 11.3 Å². The Kier molecular flexibility index (Phi) is 7.01. The zero-order valence-electron chi connectivity index (χ0n) is 16.5. The average molecular weight is 385 g/mol. The highest BCUT2D eigenvalue weighted by Crippen LogP contribution is 2.23. The number of ether oxygens (including phenoxy) is 1. The number of nitrogens with zero attached hydrogens (tertiary/aromatic N) is 2. The van der Waals surface area contributed by atoms with Crippen LogP contribution >= 0.6 is 0 Å². The van der Waals surface area contributed by atoms with Crippen LogP contribution in [0.1, 0.15) is 24.1 Å². The number of amides is 1. The number of rotatable bonds is 7. The van der Waals surface area contributed by atoms with Gasteiger partial charge in [-0.15, -0.1) is 0 Å². The van der Waals surface area contributed by atoms with Gasteiger partial charge in [-0.3, -0.25) is 9.69 Å². The maximum atomic E-state index is 13.6. The molecule has 150 valence electrons. The van der Waals surface area contributed by atoms with Crippen LogP contribution in [0.4, 0.5) is 4.39 Å². The van der Waals surface area contributed by atoms with Crippen molar-refractivity contribution < 1.29 is 13.9 Å². The first kappa shape index (κ1) is 20.3. The topological polar surface area (TPSA) is 44.8 Å². The lowest BCUT2D eigenvalue weighted by Crippen LogP contribution is -2.49. The maximum absolute atomic E-state index is 13.6. The first-order valence-electron chi connectivity index (χ1n) is 9.72. The fourth-order valence-corrected chi connectivity index (χ4v) is 3.49. The third-order valence-electron chi connectivity index (χ3n) is 5.01. The van der Waals surface area contributed by atoms with Crippen LogP contribution in [0.25, 0.3) is 0 Å². The predicted octanol–water partition coefficient (Wildman–Crippen LogP) is 2.83. The van der Waals surface area contributed by atoms with E-state index in [-0.39, 0.29) is 17.8 Å². The second-order valence-electron chi connectivity index (χ2n) is 7.07. The molecule has 0 radical (unpaired) electrons. The van der Waals surface area contributed by atoms with E-state index in [1.807, 2.05) is 44.3 Å². The summed E-state index contributed by atoms with van der Waals surface area (Å²) in [6.45, 7) is 5.73. The van der Waals surface area contributed by atoms with Crippen LogP contribution in [0, 0.1) is 5.82 Å². The predicted molar refractivity (Wildman–Crippen MR) is 108 cm³/mol. The third-order valence-corrected chi connectivity index (χ3v) is 5.01. The van der Waals surface area contributed by atoms with E-state index < -0.39 is 0 Å². The Morgan fingerprint density at radius 3 is 2.79 bits per heavy atom. The van der Waals surface area contributed by atoms with Gasteiger partial charge in [0.2, 0.25) is 5.91 Å². The van der Waals surface area contributed by atoms with Crippen LogP contribution in [0.15, 0.2) is 48.5 Å². The quantitative estimate of drug-likeness (QED) is 0.796. The lowest BCUT2D eigenvalue weighted by Gasteiger charge is -2.36. The molecule has 1 atom stereocenters. The zero-order valence-corrected chi connectivity index (χ0v) is 16.5. The molecule has 0 aliphatic carbocycles. The number of halogens is 1. The van der Waals surface area contributed by atoms with Crippen molar-refractivity contribution in [3.8, 4) is 5.75 Å². The third kappa shape index (κ3) is 5.30. The molecule has 2 aromatic rings. The highest BCUT2D eigenvalue weighted by atomic mass is 19.1. The Labute approximate surface area is 166 Å². The summed E-state index contributed by atoms with van der Waals surface area (Å²) in [7, 11) is 1.82. The van der Waals surface area contributed by atoms with Crippen LogP contribution in [0.2, 0.25) is 0 Å². The van der Waals surface area contributed by atoms with Crippen LogP contribution < -0.4 is 10.1 Å². The van der Waals surface area contributed by atoms with Crippen molar-refractivity contribution >= 4 is 5.91 Å². The van der Waals surface area contributed by atoms with Crippen molar-refractivity contribution in [1.82, 2.24) is 15.1 Å². The summed E-state index contributed by atoms with van der Waals surface area (Å²) in [5, 5.41) is 3.34. The minimum atomic E-state index is -0.248. The molecule has 1 aliphatic rings. The molecule has 0 bridgehead atoms. The van der Waals surface area contributed by atoms with E-state index in [1.165, 1.54) is 6.07 Å². The van der Waals surface area contributed by atoms with E-state index in [0.29, 0.717) is 26.2 Å². The number of carbonyl (C=O) groups excluding carboxylic acids is 1. The van der Waals surface area contributed by atoms with E-state index in [4.69, 9.17) is 4.74 Å². The highest BCUT2D eigenvalue weighted by molar-refractivity contribution is 5.78. The first-order chi connectivity index (χ1) is 13.6. The zero-order chi connectivity index (χ0) is 19.9. The number of hydrogen-bond donors (Lipinski definition) is 1. The molecular weight excluding hydrogens is 357 g/mol. The van der Waals surface area contributed by atoms with Crippen molar-refractivity contribution in [3.05, 3.63) is 65.5 Å². The SMILES string of the molecule is CCOc1ccc(CN(C)C(=O)CN2CCNCC2c2cccc(F)c2)cc1. The molecular formula is C22H28FN3O2. The molecule has 3 rings (SSSR count). The molecule has 1 N–H and O–H groups in total. The lowest BCUT2D eigenvalue weighted by atomic mass is 10.0. The summed E-state index contributed by atoms with van der Waals surface area (Å²) in [5.74, 6) is 0.637. The average Bonchev–Trinajstić information content (AvgIpc) is 2.70. The van der Waals surface area contributed by atoms with Gasteiger partial charge >= 0.3 is 0 Å². The molecule has 1 aliphatic heterocycles. The Morgan fingerprint density at radius 1 is 1.29 bits per heavy atom. The molecule has 2 aromatic carbocycles. The van der Waals surface area contributed by atoms with Crippen LogP contribution in [0.5, 0.6) is 5.75 Å². The summed E-state index contributed by atoms with van der Waals surface area (Å²) in [4.78, 5) is 16.7. The number of piperazine rings is 1. The van der Waals surface area contributed by atoms with Crippen molar-refractivity contribution in [2.24, 2.45) is 0 Å². The molecule has 0 spiro atoms. The van der Waals surface area contributed by atoms with Gasteiger partial charge in [0.1, 0.15) is 11.6 Å². The number of benzene rings is 2. The number of nitrogens with one attached hydrogen (secondary N) is 1. The van der Waals surface area contributed by atoms with Gasteiger partial charge in [0.15, 0.2) is 0 Å². The van der Waals surface area contributed by atoms with E-state index in [0.717, 1.165) is 30.0 Å². The highest BCUT2D eigenvalue weighted by Gasteiger charge is 2.26. The normalized spacial score (nSPS) is 17.3. The van der Waals surface area contributed by atoms with E-state index in [9.17, 15) is 9.18 Å². The van der Waals surface area contributed by atoms with Gasteiger partial charge in [0, 0.05) is 39.3 Å². The van der Waals surface area contributed by atoms with Gasteiger partial charge in [-0.1, -0.05) is 24.3 Å². The van der Waals surface area contributed by atoms with Crippen LogP contribution in [-0.4, -0.2) is 55.5 Å². The summed E-state index contributed by atoms with van der Waals surface area (Å²) < 4.78 is 19.1. The minimum Gasteiger partial charge on any atom is -0.494 e. The number of hydrogen-bond acceptors (Lipinski definition) is 4. The van der Waals surface area contributed by atoms with Crippen molar-refractivity contribution in [2.45, 2.75) is 19.5 Å². The lowest BCUT2D eigenvalue weighted by molar-refractivity contribution is -0.132. The van der Waals surface area contributed by atoms with Crippen molar-refractivity contribution in [3.63, 3.8) is 0 Å². The van der Waals surface area contributed by atoms with Gasteiger partial charge in [0.05, 0.1) is 13.2 Å². The fourth-order valence-electron chi connectivity index (χ4n) is 3.49. The van der Waals surface area contributed by atoms with Crippen LogP contribution in [0.3, 0.4) is 0 Å². The molecule has 5 nitrogen and oxygen atoms in total. The summed E-state index contributed by atoms with van der Waals surface area (Å²) in [5.41, 5.74) is 1.95. The standard InChI is InChI=1S/C22H28FN3O2/c1-3-28-20-9-7-17(8-10-20)15-25(2)22(27)16-26-12-11-24-14-21(26)18-5-4-6-19(23)13-18/h4-10,13,21,24H,3,11-12,14-16H2,1-2H3. The first-order valence-corrected chi connectivity index (χ1v) is 9.72. The van der Waals surface area contributed by atoms with Crippen molar-refractivity contribution in [1.29, 1.82) is 0 Å². The number of carbonyl (C=O) groups is 1. The smallest absolute Gasteiger partial charge is 0.236 e. The van der Waals surface area contributed by atoms with E-state index in [2.05, 4.69) is 10.2 Å². The monoisotopic (exact) mass is 385 g/mol. The van der Waals surface area contributed by atoms with Gasteiger partial charge in [0.25, 0.3) is 0 Å². The molecule has 1 unspecified atom stereocenters. The Morgan fingerprint density at radius 2 is 2.07 bits per heavy atom. The molecule has 28 heavy (non-hydrogen) atoms. The fraction of sp³-hybridized carbons (Fsp3) is 0.409. The van der Waals surface area contributed by atoms with E-state index >= 15 is 0 Å². The summed E-state index contributed by atoms with van der Waals surface area (Å²) in [6.07, 6.45) is 0. The Balaban J connectivity index is 1.61. The van der Waals surface area contributed by atoms with E-state index in [1.54, 1.807) is 17.0 Å². The molecule has 1 saturated heterocycles. The Hall–Kier alpha value is -2.44. The van der Waals surface area contributed by atoms with Crippen molar-refractivity contribution in [2.75, 3.05) is 39.8 Å². The number of likely N-dealkylation sites (N-methyl/N-ethyl adjacent to an activating group) is 1. The molecule has 1 heterocycles. The van der Waals surface area contributed by atoms with Gasteiger partial charge in [-0.25, -0.2) is 4.39 Å². The molecule has 1 fully saturated rings. The molecule has 1 amide bonds. The van der Waals surface area contributed by atoms with Gasteiger partial charge < -0.3 is 15.0 Å². The summed E-state index contributed by atoms with van der Waals surface area (Å²) in [6, 6.07) is 14.4. The van der Waals surface area contributed by atoms with Gasteiger partial charge in [-0.05, 0) is 42.3 Å². The largest absolute Gasteiger partial charge is 0.494 e. The second kappa shape index (κ2) is 9.66. The maximum Gasteiger partial charge on any atom is 0.236 e.